The van der Waals surface area contributed by atoms with Gasteiger partial charge in [0.05, 0.1) is 4.88 Å². The van der Waals surface area contributed by atoms with E-state index < -0.39 is 0 Å². The fourth-order valence-corrected chi connectivity index (χ4v) is 3.48. The lowest BCUT2D eigenvalue weighted by Gasteiger charge is -2.03. The van der Waals surface area contributed by atoms with Crippen molar-refractivity contribution in [3.63, 3.8) is 0 Å². The van der Waals surface area contributed by atoms with Gasteiger partial charge in [0.2, 0.25) is 0 Å². The molecule has 18 heavy (non-hydrogen) atoms. The molecule has 1 aliphatic rings. The molecule has 2 rings (SSSR count). The van der Waals surface area contributed by atoms with E-state index in [9.17, 15) is 4.79 Å². The van der Waals surface area contributed by atoms with E-state index >= 15 is 0 Å². The summed E-state index contributed by atoms with van der Waals surface area (Å²) < 4.78 is 0. The normalized spacial score (nSPS) is 14.9. The van der Waals surface area contributed by atoms with Crippen LogP contribution in [0.2, 0.25) is 0 Å². The minimum atomic E-state index is 0.0889. The zero-order valence-electron chi connectivity index (χ0n) is 11.1. The Morgan fingerprint density at radius 2 is 2.11 bits per heavy atom. The van der Waals surface area contributed by atoms with Crippen molar-refractivity contribution >= 4 is 17.2 Å². The van der Waals surface area contributed by atoms with E-state index in [2.05, 4.69) is 23.6 Å². The highest BCUT2D eigenvalue weighted by Crippen LogP contribution is 2.28. The summed E-state index contributed by atoms with van der Waals surface area (Å²) in [5.74, 6) is 0.0889. The molecule has 0 aliphatic heterocycles. The number of nitrogens with one attached hydrogen (secondary N) is 2. The molecule has 0 saturated heterocycles. The number of aryl methyl sites for hydroxylation is 2. The largest absolute Gasteiger partial charge is 0.350 e. The van der Waals surface area contributed by atoms with Gasteiger partial charge in [-0.05, 0) is 43.9 Å². The average Bonchev–Trinajstić information content (AvgIpc) is 2.66. The second-order valence-corrected chi connectivity index (χ2v) is 5.87. The number of rotatable bonds is 5. The maximum Gasteiger partial charge on any atom is 0.261 e. The molecule has 2 N–H and O–H groups in total. The Kier molecular flexibility index (Phi) is 5.20. The van der Waals surface area contributed by atoms with E-state index in [1.165, 1.54) is 29.7 Å². The minimum absolute atomic E-state index is 0.0889. The van der Waals surface area contributed by atoms with Crippen LogP contribution in [-0.2, 0) is 12.8 Å². The second-order valence-electron chi connectivity index (χ2n) is 4.73. The molecule has 4 heteroatoms. The van der Waals surface area contributed by atoms with E-state index in [4.69, 9.17) is 0 Å². The molecule has 1 aliphatic carbocycles. The number of carbonyl (C=O) groups excluding carboxylic acids is 1. The molecule has 0 saturated carbocycles. The summed E-state index contributed by atoms with van der Waals surface area (Å²) in [6.07, 6.45) is 6.17. The standard InChI is InChI=1S/C14H22N2OS/c1-2-15-8-9-16-14(17)13-10-11-6-4-3-5-7-12(11)18-13/h10,15H,2-9H2,1H3,(H,16,17). The first-order valence-corrected chi connectivity index (χ1v) is 7.73. The molecule has 0 aromatic carbocycles. The quantitative estimate of drug-likeness (QED) is 0.634. The van der Waals surface area contributed by atoms with Crippen LogP contribution in [0, 0.1) is 0 Å². The predicted octanol–water partition coefficient (Wildman–Crippen LogP) is 2.36. The van der Waals surface area contributed by atoms with Crippen LogP contribution in [0.1, 0.15) is 46.3 Å². The molecule has 1 aromatic rings. The van der Waals surface area contributed by atoms with Crippen LogP contribution >= 0.6 is 11.3 Å². The molecule has 0 unspecified atom stereocenters. The van der Waals surface area contributed by atoms with Gasteiger partial charge >= 0.3 is 0 Å². The average molecular weight is 266 g/mol. The monoisotopic (exact) mass is 266 g/mol. The zero-order valence-corrected chi connectivity index (χ0v) is 11.9. The molecule has 1 aromatic heterocycles. The van der Waals surface area contributed by atoms with Crippen LogP contribution in [0.3, 0.4) is 0 Å². The van der Waals surface area contributed by atoms with Gasteiger partial charge in [-0.25, -0.2) is 0 Å². The highest BCUT2D eigenvalue weighted by Gasteiger charge is 2.15. The smallest absolute Gasteiger partial charge is 0.261 e. The first-order chi connectivity index (χ1) is 8.81. The number of amides is 1. The molecule has 1 heterocycles. The SMILES string of the molecule is CCNCCNC(=O)c1cc2c(s1)CCCCC2. The molecule has 3 nitrogen and oxygen atoms in total. The second kappa shape index (κ2) is 6.90. The Hall–Kier alpha value is -0.870. The molecular formula is C14H22N2OS. The fraction of sp³-hybridized carbons (Fsp3) is 0.643. The Morgan fingerprint density at radius 3 is 2.94 bits per heavy atom. The molecular weight excluding hydrogens is 244 g/mol. The van der Waals surface area contributed by atoms with Crippen molar-refractivity contribution < 1.29 is 4.79 Å². The topological polar surface area (TPSA) is 41.1 Å². The van der Waals surface area contributed by atoms with E-state index in [1.807, 2.05) is 0 Å². The van der Waals surface area contributed by atoms with Crippen molar-refractivity contribution in [3.05, 3.63) is 21.4 Å². The van der Waals surface area contributed by atoms with Gasteiger partial charge in [0.1, 0.15) is 0 Å². The van der Waals surface area contributed by atoms with Crippen LogP contribution in [0.25, 0.3) is 0 Å². The van der Waals surface area contributed by atoms with Crippen molar-refractivity contribution in [2.45, 2.75) is 39.0 Å². The van der Waals surface area contributed by atoms with Gasteiger partial charge in [-0.15, -0.1) is 11.3 Å². The third-order valence-electron chi connectivity index (χ3n) is 3.31. The van der Waals surface area contributed by atoms with Gasteiger partial charge < -0.3 is 10.6 Å². The van der Waals surface area contributed by atoms with Gasteiger partial charge in [0.15, 0.2) is 0 Å². The summed E-state index contributed by atoms with van der Waals surface area (Å²) in [5.41, 5.74) is 1.41. The number of hydrogen-bond acceptors (Lipinski definition) is 3. The molecule has 0 bridgehead atoms. The number of hydrogen-bond donors (Lipinski definition) is 2. The number of likely N-dealkylation sites (N-methyl/N-ethyl adjacent to an activating group) is 1. The maximum absolute atomic E-state index is 12.0. The Labute approximate surface area is 113 Å². The Balaban J connectivity index is 1.90. The summed E-state index contributed by atoms with van der Waals surface area (Å²) in [5, 5.41) is 6.17. The van der Waals surface area contributed by atoms with E-state index in [0.29, 0.717) is 6.54 Å². The highest BCUT2D eigenvalue weighted by molar-refractivity contribution is 7.14. The first kappa shape index (κ1) is 13.6. The lowest BCUT2D eigenvalue weighted by molar-refractivity contribution is 0.0958. The summed E-state index contributed by atoms with van der Waals surface area (Å²) in [4.78, 5) is 14.3. The van der Waals surface area contributed by atoms with E-state index in [0.717, 1.165) is 30.8 Å². The van der Waals surface area contributed by atoms with Gasteiger partial charge in [0, 0.05) is 18.0 Å². The summed E-state index contributed by atoms with van der Waals surface area (Å²) in [7, 11) is 0. The lowest BCUT2D eigenvalue weighted by Crippen LogP contribution is -2.31. The number of fused-ring (bicyclic) bond motifs is 1. The van der Waals surface area contributed by atoms with Crippen molar-refractivity contribution in [3.8, 4) is 0 Å². The van der Waals surface area contributed by atoms with Crippen molar-refractivity contribution in [2.24, 2.45) is 0 Å². The van der Waals surface area contributed by atoms with E-state index in [-0.39, 0.29) is 5.91 Å². The maximum atomic E-state index is 12.0. The predicted molar refractivity (Wildman–Crippen MR) is 76.5 cm³/mol. The Bertz CT molecular complexity index is 377. The van der Waals surface area contributed by atoms with Gasteiger partial charge in [-0.1, -0.05) is 13.3 Å². The Morgan fingerprint density at radius 1 is 1.28 bits per heavy atom. The third-order valence-corrected chi connectivity index (χ3v) is 4.54. The molecule has 0 radical (unpaired) electrons. The fourth-order valence-electron chi connectivity index (χ4n) is 2.31. The van der Waals surface area contributed by atoms with Gasteiger partial charge in [-0.3, -0.25) is 4.79 Å². The van der Waals surface area contributed by atoms with Crippen LogP contribution in [0.15, 0.2) is 6.07 Å². The third kappa shape index (κ3) is 3.56. The summed E-state index contributed by atoms with van der Waals surface area (Å²) >= 11 is 1.69. The number of thiophene rings is 1. The molecule has 100 valence electrons. The van der Waals surface area contributed by atoms with Crippen LogP contribution in [-0.4, -0.2) is 25.5 Å². The molecule has 0 atom stereocenters. The van der Waals surface area contributed by atoms with Crippen LogP contribution in [0.4, 0.5) is 0 Å². The van der Waals surface area contributed by atoms with Crippen molar-refractivity contribution in [1.29, 1.82) is 0 Å². The number of carbonyl (C=O) groups is 1. The van der Waals surface area contributed by atoms with E-state index in [1.54, 1.807) is 11.3 Å². The zero-order chi connectivity index (χ0) is 12.8. The van der Waals surface area contributed by atoms with Gasteiger partial charge in [-0.2, -0.15) is 0 Å². The molecule has 0 fully saturated rings. The molecule has 0 spiro atoms. The summed E-state index contributed by atoms with van der Waals surface area (Å²) in [6.45, 7) is 4.56. The first-order valence-electron chi connectivity index (χ1n) is 6.91. The van der Waals surface area contributed by atoms with Crippen LogP contribution < -0.4 is 10.6 Å². The molecule has 1 amide bonds. The summed E-state index contributed by atoms with van der Waals surface area (Å²) in [6, 6.07) is 2.11. The lowest BCUT2D eigenvalue weighted by atomic mass is 10.1. The van der Waals surface area contributed by atoms with Crippen molar-refractivity contribution in [2.75, 3.05) is 19.6 Å². The van der Waals surface area contributed by atoms with Crippen LogP contribution in [0.5, 0.6) is 0 Å². The van der Waals surface area contributed by atoms with Gasteiger partial charge in [0.25, 0.3) is 5.91 Å². The minimum Gasteiger partial charge on any atom is -0.350 e. The van der Waals surface area contributed by atoms with Crippen molar-refractivity contribution in [1.82, 2.24) is 10.6 Å². The highest BCUT2D eigenvalue weighted by atomic mass is 32.1.